The third-order valence-corrected chi connectivity index (χ3v) is 3.78. The zero-order chi connectivity index (χ0) is 11.8. The molecule has 1 fully saturated rings. The standard InChI is InChI=1S/C13H16F2N2/c14-10-4-5-11-13(12(10)15)17-8-2-1-3-9(17)6-7-16-11/h4-5,9,16H,1-3,6-8H2. The van der Waals surface area contributed by atoms with Crippen LogP contribution in [0, 0.1) is 11.6 Å². The molecule has 1 unspecified atom stereocenters. The lowest BCUT2D eigenvalue weighted by atomic mass is 9.99. The molecule has 0 spiro atoms. The van der Waals surface area contributed by atoms with Crippen LogP contribution in [0.2, 0.25) is 0 Å². The molecule has 0 bridgehead atoms. The van der Waals surface area contributed by atoms with E-state index in [1.807, 2.05) is 0 Å². The maximum Gasteiger partial charge on any atom is 0.184 e. The van der Waals surface area contributed by atoms with Crippen molar-refractivity contribution in [1.82, 2.24) is 0 Å². The van der Waals surface area contributed by atoms with Gasteiger partial charge in [0, 0.05) is 19.1 Å². The van der Waals surface area contributed by atoms with Gasteiger partial charge >= 0.3 is 0 Å². The molecular weight excluding hydrogens is 222 g/mol. The lowest BCUT2D eigenvalue weighted by Crippen LogP contribution is -2.39. The zero-order valence-electron chi connectivity index (χ0n) is 9.68. The van der Waals surface area contributed by atoms with E-state index >= 15 is 0 Å². The van der Waals surface area contributed by atoms with Crippen LogP contribution in [-0.2, 0) is 0 Å². The van der Waals surface area contributed by atoms with E-state index in [9.17, 15) is 8.78 Å². The van der Waals surface area contributed by atoms with Crippen molar-refractivity contribution in [2.45, 2.75) is 31.7 Å². The van der Waals surface area contributed by atoms with E-state index in [2.05, 4.69) is 10.2 Å². The van der Waals surface area contributed by atoms with E-state index in [0.29, 0.717) is 11.7 Å². The summed E-state index contributed by atoms with van der Waals surface area (Å²) in [6.07, 6.45) is 4.33. The highest BCUT2D eigenvalue weighted by molar-refractivity contribution is 5.72. The van der Waals surface area contributed by atoms with Crippen LogP contribution in [-0.4, -0.2) is 19.1 Å². The molecule has 1 N–H and O–H groups in total. The topological polar surface area (TPSA) is 15.3 Å². The van der Waals surface area contributed by atoms with Crippen LogP contribution < -0.4 is 10.2 Å². The lowest BCUT2D eigenvalue weighted by Gasteiger charge is -2.36. The van der Waals surface area contributed by atoms with Gasteiger partial charge in [0.2, 0.25) is 0 Å². The summed E-state index contributed by atoms with van der Waals surface area (Å²) in [4.78, 5) is 2.05. The highest BCUT2D eigenvalue weighted by Gasteiger charge is 2.30. The van der Waals surface area contributed by atoms with Gasteiger partial charge in [0.25, 0.3) is 0 Å². The Morgan fingerprint density at radius 2 is 2.06 bits per heavy atom. The van der Waals surface area contributed by atoms with Gasteiger partial charge in [-0.05, 0) is 37.8 Å². The second-order valence-electron chi connectivity index (χ2n) is 4.82. The highest BCUT2D eigenvalue weighted by Crippen LogP contribution is 2.37. The van der Waals surface area contributed by atoms with Gasteiger partial charge in [-0.1, -0.05) is 0 Å². The van der Waals surface area contributed by atoms with Gasteiger partial charge < -0.3 is 10.2 Å². The van der Waals surface area contributed by atoms with Gasteiger partial charge in [-0.3, -0.25) is 0 Å². The fourth-order valence-electron chi connectivity index (χ4n) is 2.93. The zero-order valence-corrected chi connectivity index (χ0v) is 9.68. The number of hydrogen-bond acceptors (Lipinski definition) is 2. The van der Waals surface area contributed by atoms with Gasteiger partial charge in [0.15, 0.2) is 11.6 Å². The Kier molecular flexibility index (Phi) is 2.65. The number of anilines is 2. The van der Waals surface area contributed by atoms with Crippen molar-refractivity contribution in [1.29, 1.82) is 0 Å². The molecule has 92 valence electrons. The Labute approximate surface area is 99.6 Å². The molecule has 2 aliphatic heterocycles. The molecule has 1 aromatic rings. The Morgan fingerprint density at radius 3 is 2.94 bits per heavy atom. The summed E-state index contributed by atoms with van der Waals surface area (Å²) < 4.78 is 27.3. The average Bonchev–Trinajstić information content (AvgIpc) is 2.53. The predicted octanol–water partition coefficient (Wildman–Crippen LogP) is 3.14. The average molecular weight is 238 g/mol. The Bertz CT molecular complexity index is 434. The summed E-state index contributed by atoms with van der Waals surface area (Å²) in [6, 6.07) is 3.20. The van der Waals surface area contributed by atoms with E-state index in [0.717, 1.165) is 38.0 Å². The normalized spacial score (nSPS) is 23.4. The van der Waals surface area contributed by atoms with Crippen LogP contribution in [0.1, 0.15) is 25.7 Å². The van der Waals surface area contributed by atoms with Crippen LogP contribution in [0.25, 0.3) is 0 Å². The molecule has 0 saturated carbocycles. The molecule has 0 aliphatic carbocycles. The molecule has 0 radical (unpaired) electrons. The van der Waals surface area contributed by atoms with E-state index in [1.54, 1.807) is 6.07 Å². The Hall–Kier alpha value is -1.32. The number of hydrogen-bond donors (Lipinski definition) is 1. The number of nitrogens with one attached hydrogen (secondary N) is 1. The fourth-order valence-corrected chi connectivity index (χ4v) is 2.93. The smallest absolute Gasteiger partial charge is 0.184 e. The Morgan fingerprint density at radius 1 is 1.18 bits per heavy atom. The van der Waals surface area contributed by atoms with Gasteiger partial charge in [-0.15, -0.1) is 0 Å². The predicted molar refractivity (Wildman–Crippen MR) is 64.4 cm³/mol. The van der Waals surface area contributed by atoms with E-state index < -0.39 is 11.6 Å². The van der Waals surface area contributed by atoms with E-state index in [4.69, 9.17) is 0 Å². The maximum atomic E-state index is 14.0. The van der Waals surface area contributed by atoms with Gasteiger partial charge in [-0.2, -0.15) is 0 Å². The second kappa shape index (κ2) is 4.17. The number of fused-ring (bicyclic) bond motifs is 3. The minimum absolute atomic E-state index is 0.355. The van der Waals surface area contributed by atoms with Gasteiger partial charge in [-0.25, -0.2) is 8.78 Å². The molecule has 4 heteroatoms. The summed E-state index contributed by atoms with van der Waals surface area (Å²) >= 11 is 0. The summed E-state index contributed by atoms with van der Waals surface area (Å²) in [5, 5.41) is 3.20. The van der Waals surface area contributed by atoms with Gasteiger partial charge in [0.1, 0.15) is 0 Å². The first-order valence-corrected chi connectivity index (χ1v) is 6.26. The lowest BCUT2D eigenvalue weighted by molar-refractivity contribution is 0.437. The van der Waals surface area contributed by atoms with E-state index in [1.165, 1.54) is 12.5 Å². The quantitative estimate of drug-likeness (QED) is 0.747. The van der Waals surface area contributed by atoms with Crippen molar-refractivity contribution >= 4 is 11.4 Å². The number of halogens is 2. The molecule has 2 aliphatic rings. The fraction of sp³-hybridized carbons (Fsp3) is 0.538. The number of rotatable bonds is 0. The maximum absolute atomic E-state index is 14.0. The molecule has 3 rings (SSSR count). The Balaban J connectivity index is 2.09. The summed E-state index contributed by atoms with van der Waals surface area (Å²) in [5.41, 5.74) is 1.17. The molecule has 0 aromatic heterocycles. The number of benzene rings is 1. The van der Waals surface area contributed by atoms with Crippen LogP contribution in [0.3, 0.4) is 0 Å². The van der Waals surface area contributed by atoms with Crippen LogP contribution in [0.15, 0.2) is 12.1 Å². The first-order valence-electron chi connectivity index (χ1n) is 6.26. The van der Waals surface area contributed by atoms with Crippen molar-refractivity contribution in [3.63, 3.8) is 0 Å². The highest BCUT2D eigenvalue weighted by atomic mass is 19.2. The monoisotopic (exact) mass is 238 g/mol. The number of piperidine rings is 1. The molecule has 0 amide bonds. The summed E-state index contributed by atoms with van der Waals surface area (Å²) in [6.45, 7) is 1.67. The van der Waals surface area contributed by atoms with Crippen molar-refractivity contribution in [2.24, 2.45) is 0 Å². The minimum atomic E-state index is -0.753. The summed E-state index contributed by atoms with van der Waals surface area (Å²) in [7, 11) is 0. The minimum Gasteiger partial charge on any atom is -0.383 e. The van der Waals surface area contributed by atoms with Crippen molar-refractivity contribution in [3.8, 4) is 0 Å². The second-order valence-corrected chi connectivity index (χ2v) is 4.82. The number of nitrogens with zero attached hydrogens (tertiary/aromatic N) is 1. The molecule has 2 nitrogen and oxygen atoms in total. The summed E-state index contributed by atoms with van der Waals surface area (Å²) in [5.74, 6) is -1.46. The molecule has 1 atom stereocenters. The SMILES string of the molecule is Fc1ccc2c(c1F)N1CCCCC1CCN2. The molecule has 17 heavy (non-hydrogen) atoms. The van der Waals surface area contributed by atoms with Crippen molar-refractivity contribution < 1.29 is 8.78 Å². The van der Waals surface area contributed by atoms with Crippen LogP contribution in [0.4, 0.5) is 20.2 Å². The third kappa shape index (κ3) is 1.75. The largest absolute Gasteiger partial charge is 0.383 e. The van der Waals surface area contributed by atoms with Crippen molar-refractivity contribution in [2.75, 3.05) is 23.3 Å². The first-order chi connectivity index (χ1) is 8.27. The van der Waals surface area contributed by atoms with Crippen LogP contribution in [0.5, 0.6) is 0 Å². The third-order valence-electron chi connectivity index (χ3n) is 3.78. The van der Waals surface area contributed by atoms with E-state index in [-0.39, 0.29) is 0 Å². The first kappa shape index (κ1) is 10.8. The van der Waals surface area contributed by atoms with Crippen LogP contribution >= 0.6 is 0 Å². The van der Waals surface area contributed by atoms with Gasteiger partial charge in [0.05, 0.1) is 11.4 Å². The molecule has 1 saturated heterocycles. The molecule has 2 heterocycles. The molecular formula is C13H16F2N2. The molecule has 1 aromatic carbocycles. The van der Waals surface area contributed by atoms with Crippen molar-refractivity contribution in [3.05, 3.63) is 23.8 Å².